The molecule has 0 amide bonds. The molecule has 0 saturated carbocycles. The lowest BCUT2D eigenvalue weighted by Crippen LogP contribution is -2.20. The van der Waals surface area contributed by atoms with Crippen molar-refractivity contribution in [1.29, 1.82) is 0 Å². The standard InChI is InChI=1S/C18H38.CH4.B/c1-7-9-11-13-17(14-12-10-8-2)15-16(3)18(4,5)6;;/h16-17H,7-15H2,1-6H3;1H4;. The molecule has 3 radical (unpaired) electrons. The first-order valence-corrected chi connectivity index (χ1v) is 8.41. The van der Waals surface area contributed by atoms with Crippen molar-refractivity contribution in [2.45, 2.75) is 107 Å². The fourth-order valence-electron chi connectivity index (χ4n) is 2.60. The van der Waals surface area contributed by atoms with Crippen molar-refractivity contribution < 1.29 is 0 Å². The fraction of sp³-hybridized carbons (Fsp3) is 1.00. The smallest absolute Gasteiger partial charge is 0 e. The molecule has 0 heterocycles. The Morgan fingerprint density at radius 2 is 1.20 bits per heavy atom. The van der Waals surface area contributed by atoms with Gasteiger partial charge < -0.3 is 0 Å². The number of hydrogen-bond donors (Lipinski definition) is 0. The summed E-state index contributed by atoms with van der Waals surface area (Å²) in [5.41, 5.74) is 0.480. The predicted molar refractivity (Wildman–Crippen MR) is 97.5 cm³/mol. The third kappa shape index (κ3) is 13.1. The van der Waals surface area contributed by atoms with Gasteiger partial charge in [0.1, 0.15) is 0 Å². The van der Waals surface area contributed by atoms with E-state index < -0.39 is 0 Å². The molecule has 0 fully saturated rings. The van der Waals surface area contributed by atoms with Gasteiger partial charge in [0.15, 0.2) is 0 Å². The number of unbranched alkanes of at least 4 members (excludes halogenated alkanes) is 4. The Bertz CT molecular complexity index is 171. The molecule has 0 aromatic carbocycles. The van der Waals surface area contributed by atoms with Gasteiger partial charge in [0, 0.05) is 8.41 Å². The van der Waals surface area contributed by atoms with Crippen LogP contribution in [0.15, 0.2) is 0 Å². The first kappa shape index (κ1) is 25.0. The van der Waals surface area contributed by atoms with Crippen LogP contribution in [0.2, 0.25) is 0 Å². The van der Waals surface area contributed by atoms with Crippen LogP contribution in [-0.2, 0) is 0 Å². The Kier molecular flexibility index (Phi) is 17.6. The van der Waals surface area contributed by atoms with Crippen LogP contribution >= 0.6 is 0 Å². The minimum atomic E-state index is 0. The molecule has 0 spiro atoms. The lowest BCUT2D eigenvalue weighted by Gasteiger charge is -2.31. The van der Waals surface area contributed by atoms with E-state index in [4.69, 9.17) is 0 Å². The van der Waals surface area contributed by atoms with Gasteiger partial charge in [-0.1, -0.05) is 100 Å². The molecule has 0 N–H and O–H groups in total. The highest BCUT2D eigenvalue weighted by atomic mass is 14.3. The quantitative estimate of drug-likeness (QED) is 0.296. The second kappa shape index (κ2) is 14.0. The summed E-state index contributed by atoms with van der Waals surface area (Å²) in [5, 5.41) is 0. The van der Waals surface area contributed by atoms with Crippen LogP contribution in [0.3, 0.4) is 0 Å². The maximum Gasteiger partial charge on any atom is 0 e. The van der Waals surface area contributed by atoms with Gasteiger partial charge in [-0.2, -0.15) is 0 Å². The van der Waals surface area contributed by atoms with E-state index in [9.17, 15) is 0 Å². The highest BCUT2D eigenvalue weighted by Gasteiger charge is 2.23. The normalized spacial score (nSPS) is 12.8. The van der Waals surface area contributed by atoms with E-state index in [2.05, 4.69) is 41.5 Å². The molecule has 121 valence electrons. The molecule has 0 saturated heterocycles. The second-order valence-electron chi connectivity index (χ2n) is 7.36. The molecule has 20 heavy (non-hydrogen) atoms. The average molecular weight is 281 g/mol. The Balaban J connectivity index is -0.00000144. The summed E-state index contributed by atoms with van der Waals surface area (Å²) in [4.78, 5) is 0. The third-order valence-corrected chi connectivity index (χ3v) is 4.60. The molecule has 0 bridgehead atoms. The topological polar surface area (TPSA) is 0 Å². The van der Waals surface area contributed by atoms with Crippen molar-refractivity contribution >= 4 is 8.41 Å². The summed E-state index contributed by atoms with van der Waals surface area (Å²) >= 11 is 0. The minimum absolute atomic E-state index is 0. The van der Waals surface area contributed by atoms with E-state index in [0.29, 0.717) is 5.41 Å². The Hall–Kier alpha value is 0.0649. The van der Waals surface area contributed by atoms with Crippen molar-refractivity contribution in [3.05, 3.63) is 0 Å². The van der Waals surface area contributed by atoms with Crippen LogP contribution in [-0.4, -0.2) is 8.41 Å². The molecule has 0 aliphatic carbocycles. The molecule has 0 aliphatic rings. The van der Waals surface area contributed by atoms with Gasteiger partial charge >= 0.3 is 0 Å². The highest BCUT2D eigenvalue weighted by molar-refractivity contribution is 5.75. The number of rotatable bonds is 10. The molecular formula is C19H42B. The van der Waals surface area contributed by atoms with Gasteiger partial charge in [-0.25, -0.2) is 0 Å². The highest BCUT2D eigenvalue weighted by Crippen LogP contribution is 2.34. The molecule has 0 rings (SSSR count). The fourth-order valence-corrected chi connectivity index (χ4v) is 2.60. The molecule has 0 nitrogen and oxygen atoms in total. The Morgan fingerprint density at radius 3 is 1.50 bits per heavy atom. The zero-order valence-corrected chi connectivity index (χ0v) is 14.6. The summed E-state index contributed by atoms with van der Waals surface area (Å²) in [6.07, 6.45) is 12.8. The largest absolute Gasteiger partial charge is 0.0776 e. The van der Waals surface area contributed by atoms with E-state index in [0.717, 1.165) is 11.8 Å². The average Bonchev–Trinajstić information content (AvgIpc) is 2.28. The number of hydrogen-bond acceptors (Lipinski definition) is 0. The molecule has 1 heteroatoms. The maximum atomic E-state index is 2.45. The van der Waals surface area contributed by atoms with E-state index >= 15 is 0 Å². The summed E-state index contributed by atoms with van der Waals surface area (Å²) < 4.78 is 0. The molecule has 0 aromatic heterocycles. The van der Waals surface area contributed by atoms with E-state index in [1.165, 1.54) is 57.8 Å². The SMILES string of the molecule is C.CCCCCC(CCCCC)CC(C)C(C)(C)C.[B]. The zero-order chi connectivity index (χ0) is 14.0. The van der Waals surface area contributed by atoms with Gasteiger partial charge in [0.05, 0.1) is 0 Å². The lowest BCUT2D eigenvalue weighted by atomic mass is 9.75. The molecule has 0 aliphatic heterocycles. The summed E-state index contributed by atoms with van der Waals surface area (Å²) in [6.45, 7) is 14.3. The van der Waals surface area contributed by atoms with Crippen molar-refractivity contribution in [2.24, 2.45) is 17.3 Å². The third-order valence-electron chi connectivity index (χ3n) is 4.60. The van der Waals surface area contributed by atoms with E-state index in [1.54, 1.807) is 0 Å². The maximum absolute atomic E-state index is 2.45. The van der Waals surface area contributed by atoms with Crippen molar-refractivity contribution in [1.82, 2.24) is 0 Å². The monoisotopic (exact) mass is 281 g/mol. The Morgan fingerprint density at radius 1 is 0.800 bits per heavy atom. The second-order valence-corrected chi connectivity index (χ2v) is 7.36. The van der Waals surface area contributed by atoms with Crippen molar-refractivity contribution in [3.63, 3.8) is 0 Å². The van der Waals surface area contributed by atoms with Gasteiger partial charge in [-0.3, -0.25) is 0 Å². The first-order chi connectivity index (χ1) is 8.41. The van der Waals surface area contributed by atoms with E-state index in [-0.39, 0.29) is 15.8 Å². The van der Waals surface area contributed by atoms with Crippen LogP contribution in [0, 0.1) is 17.3 Å². The summed E-state index contributed by atoms with van der Waals surface area (Å²) in [5.74, 6) is 1.84. The van der Waals surface area contributed by atoms with Crippen LogP contribution < -0.4 is 0 Å². The van der Waals surface area contributed by atoms with Crippen LogP contribution in [0.5, 0.6) is 0 Å². The molecule has 0 aromatic rings. The van der Waals surface area contributed by atoms with Gasteiger partial charge in [0.25, 0.3) is 0 Å². The van der Waals surface area contributed by atoms with E-state index in [1.807, 2.05) is 0 Å². The van der Waals surface area contributed by atoms with Crippen LogP contribution in [0.25, 0.3) is 0 Å². The summed E-state index contributed by atoms with van der Waals surface area (Å²) in [6, 6.07) is 0. The van der Waals surface area contributed by atoms with Gasteiger partial charge in [-0.15, -0.1) is 0 Å². The van der Waals surface area contributed by atoms with Gasteiger partial charge in [0.2, 0.25) is 0 Å². The van der Waals surface area contributed by atoms with Gasteiger partial charge in [-0.05, 0) is 23.7 Å². The molecular weight excluding hydrogens is 239 g/mol. The Labute approximate surface area is 133 Å². The first-order valence-electron chi connectivity index (χ1n) is 8.41. The summed E-state index contributed by atoms with van der Waals surface area (Å²) in [7, 11) is 0. The van der Waals surface area contributed by atoms with Crippen molar-refractivity contribution in [3.8, 4) is 0 Å². The molecule has 1 atom stereocenters. The minimum Gasteiger partial charge on any atom is -0.0776 e. The zero-order valence-electron chi connectivity index (χ0n) is 14.6. The van der Waals surface area contributed by atoms with Crippen LogP contribution in [0.4, 0.5) is 0 Å². The molecule has 1 unspecified atom stereocenters. The lowest BCUT2D eigenvalue weighted by molar-refractivity contribution is 0.200. The predicted octanol–water partition coefficient (Wildman–Crippen LogP) is 7.09. The van der Waals surface area contributed by atoms with Crippen molar-refractivity contribution in [2.75, 3.05) is 0 Å². The van der Waals surface area contributed by atoms with Crippen LogP contribution in [0.1, 0.15) is 107 Å².